The van der Waals surface area contributed by atoms with Crippen LogP contribution >= 0.6 is 11.6 Å². The van der Waals surface area contributed by atoms with Crippen molar-refractivity contribution >= 4 is 29.4 Å². The zero-order valence-corrected chi connectivity index (χ0v) is 12.1. The van der Waals surface area contributed by atoms with Gasteiger partial charge in [0.1, 0.15) is 12.6 Å². The van der Waals surface area contributed by atoms with E-state index >= 15 is 0 Å². The molecule has 2 N–H and O–H groups in total. The van der Waals surface area contributed by atoms with Crippen molar-refractivity contribution < 1.29 is 24.4 Å². The number of alkyl carbamates (subject to hydrolysis) is 1. The lowest BCUT2D eigenvalue weighted by atomic mass is 10.0. The van der Waals surface area contributed by atoms with Gasteiger partial charge in [0, 0.05) is 23.1 Å². The molecule has 0 fully saturated rings. The second kappa shape index (κ2) is 7.99. The molecule has 1 rings (SSSR count). The summed E-state index contributed by atoms with van der Waals surface area (Å²) >= 11 is 5.68. The molecule has 8 nitrogen and oxygen atoms in total. The molecule has 0 aliphatic heterocycles. The molecule has 22 heavy (non-hydrogen) atoms. The molecule has 0 aliphatic carbocycles. The predicted octanol–water partition coefficient (Wildman–Crippen LogP) is 2.16. The van der Waals surface area contributed by atoms with Crippen LogP contribution in [0.2, 0.25) is 5.02 Å². The van der Waals surface area contributed by atoms with Crippen LogP contribution in [0.3, 0.4) is 0 Å². The van der Waals surface area contributed by atoms with Crippen molar-refractivity contribution in [3.8, 4) is 0 Å². The lowest BCUT2D eigenvalue weighted by molar-refractivity contribution is -0.385. The molecule has 0 aromatic heterocycles. The Kier molecular flexibility index (Phi) is 6.33. The highest BCUT2D eigenvalue weighted by Gasteiger charge is 2.25. The average Bonchev–Trinajstić information content (AvgIpc) is 2.45. The minimum absolute atomic E-state index is 0.0841. The summed E-state index contributed by atoms with van der Waals surface area (Å²) in [4.78, 5) is 32.9. The largest absolute Gasteiger partial charge is 0.480 e. The number of ether oxygens (including phenoxy) is 1. The van der Waals surface area contributed by atoms with E-state index in [0.29, 0.717) is 0 Å². The number of hydrogen-bond donors (Lipinski definition) is 2. The number of nitrogens with zero attached hydrogens (tertiary/aromatic N) is 1. The molecule has 9 heteroatoms. The Morgan fingerprint density at radius 2 is 2.23 bits per heavy atom. The smallest absolute Gasteiger partial charge is 0.408 e. The Hall–Kier alpha value is -2.61. The van der Waals surface area contributed by atoms with Crippen LogP contribution in [0, 0.1) is 10.1 Å². The summed E-state index contributed by atoms with van der Waals surface area (Å²) in [5.41, 5.74) is -0.189. The van der Waals surface area contributed by atoms with E-state index in [-0.39, 0.29) is 29.3 Å². The van der Waals surface area contributed by atoms with Gasteiger partial charge in [-0.15, -0.1) is 0 Å². The molecule has 0 bridgehead atoms. The Morgan fingerprint density at radius 1 is 1.55 bits per heavy atom. The van der Waals surface area contributed by atoms with Crippen LogP contribution in [0.4, 0.5) is 10.5 Å². The number of benzene rings is 1. The first kappa shape index (κ1) is 17.4. The van der Waals surface area contributed by atoms with Crippen molar-refractivity contribution in [1.82, 2.24) is 5.32 Å². The number of carbonyl (C=O) groups excluding carboxylic acids is 1. The van der Waals surface area contributed by atoms with E-state index in [9.17, 15) is 19.7 Å². The molecule has 1 atom stereocenters. The SMILES string of the molecule is C=CCOC(=O)NC(Cc1ccc(Cl)cc1[N+](=O)[O-])C(=O)O. The number of nitro groups is 1. The molecule has 0 aliphatic rings. The van der Waals surface area contributed by atoms with Gasteiger partial charge in [0.15, 0.2) is 0 Å². The number of aliphatic carboxylic acids is 1. The lowest BCUT2D eigenvalue weighted by Gasteiger charge is -2.14. The molecule has 1 unspecified atom stereocenters. The van der Waals surface area contributed by atoms with Crippen molar-refractivity contribution in [3.63, 3.8) is 0 Å². The molecule has 118 valence electrons. The van der Waals surface area contributed by atoms with Gasteiger partial charge in [-0.05, 0) is 6.07 Å². The van der Waals surface area contributed by atoms with Crippen molar-refractivity contribution in [2.24, 2.45) is 0 Å². The molecule has 0 saturated carbocycles. The van der Waals surface area contributed by atoms with Crippen LogP contribution in [-0.2, 0) is 16.0 Å². The highest BCUT2D eigenvalue weighted by Crippen LogP contribution is 2.24. The Labute approximate surface area is 130 Å². The molecule has 0 heterocycles. The number of hydrogen-bond acceptors (Lipinski definition) is 5. The fraction of sp³-hybridized carbons (Fsp3) is 0.231. The van der Waals surface area contributed by atoms with E-state index < -0.39 is 23.0 Å². The van der Waals surface area contributed by atoms with Gasteiger partial charge in [-0.2, -0.15) is 0 Å². The highest BCUT2D eigenvalue weighted by atomic mass is 35.5. The zero-order chi connectivity index (χ0) is 16.7. The summed E-state index contributed by atoms with van der Waals surface area (Å²) < 4.78 is 4.62. The number of carbonyl (C=O) groups is 2. The predicted molar refractivity (Wildman–Crippen MR) is 77.9 cm³/mol. The van der Waals surface area contributed by atoms with Crippen molar-refractivity contribution in [1.29, 1.82) is 0 Å². The molecule has 0 spiro atoms. The third kappa shape index (κ3) is 5.06. The van der Waals surface area contributed by atoms with E-state index in [1.54, 1.807) is 0 Å². The third-order valence-electron chi connectivity index (χ3n) is 2.59. The summed E-state index contributed by atoms with van der Waals surface area (Å²) in [6, 6.07) is 2.48. The van der Waals surface area contributed by atoms with E-state index in [4.69, 9.17) is 16.7 Å². The van der Waals surface area contributed by atoms with Gasteiger partial charge in [0.05, 0.1) is 4.92 Å². The summed E-state index contributed by atoms with van der Waals surface area (Å²) in [5, 5.41) is 22.3. The third-order valence-corrected chi connectivity index (χ3v) is 2.83. The Morgan fingerprint density at radius 3 is 2.77 bits per heavy atom. The number of rotatable bonds is 7. The number of amides is 1. The molecular formula is C13H13ClN2O6. The van der Waals surface area contributed by atoms with Crippen LogP contribution < -0.4 is 5.32 Å². The first-order chi connectivity index (χ1) is 10.3. The average molecular weight is 329 g/mol. The monoisotopic (exact) mass is 328 g/mol. The molecule has 0 radical (unpaired) electrons. The number of carboxylic acid groups (broad SMARTS) is 1. The molecule has 1 amide bonds. The molecular weight excluding hydrogens is 316 g/mol. The molecule has 1 aromatic rings. The maximum Gasteiger partial charge on any atom is 0.408 e. The van der Waals surface area contributed by atoms with Gasteiger partial charge in [-0.1, -0.05) is 30.3 Å². The minimum Gasteiger partial charge on any atom is -0.480 e. The fourth-order valence-electron chi connectivity index (χ4n) is 1.62. The van der Waals surface area contributed by atoms with E-state index in [2.05, 4.69) is 16.6 Å². The van der Waals surface area contributed by atoms with Gasteiger partial charge in [0.25, 0.3) is 5.69 Å². The van der Waals surface area contributed by atoms with Gasteiger partial charge in [-0.25, -0.2) is 9.59 Å². The number of halogens is 1. The van der Waals surface area contributed by atoms with Gasteiger partial charge in [0.2, 0.25) is 0 Å². The van der Waals surface area contributed by atoms with Crippen LogP contribution in [0.5, 0.6) is 0 Å². The number of nitrogens with one attached hydrogen (secondary N) is 1. The van der Waals surface area contributed by atoms with Crippen LogP contribution in [0.25, 0.3) is 0 Å². The summed E-state index contributed by atoms with van der Waals surface area (Å²) in [5.74, 6) is -1.35. The maximum absolute atomic E-state index is 11.4. The summed E-state index contributed by atoms with van der Waals surface area (Å²) in [6.45, 7) is 3.26. The van der Waals surface area contributed by atoms with E-state index in [0.717, 1.165) is 6.07 Å². The summed E-state index contributed by atoms with van der Waals surface area (Å²) in [6.07, 6.45) is 0.0784. The van der Waals surface area contributed by atoms with Crippen LogP contribution in [0.1, 0.15) is 5.56 Å². The number of carboxylic acids is 1. The second-order valence-electron chi connectivity index (χ2n) is 4.16. The lowest BCUT2D eigenvalue weighted by Crippen LogP contribution is -2.42. The zero-order valence-electron chi connectivity index (χ0n) is 11.3. The van der Waals surface area contributed by atoms with Crippen molar-refractivity contribution in [3.05, 3.63) is 51.6 Å². The van der Waals surface area contributed by atoms with E-state index in [1.807, 2.05) is 0 Å². The first-order valence-electron chi connectivity index (χ1n) is 6.05. The van der Waals surface area contributed by atoms with Crippen LogP contribution in [-0.4, -0.2) is 34.7 Å². The van der Waals surface area contributed by atoms with Crippen molar-refractivity contribution in [2.45, 2.75) is 12.5 Å². The van der Waals surface area contributed by atoms with Crippen molar-refractivity contribution in [2.75, 3.05) is 6.61 Å². The van der Waals surface area contributed by atoms with Gasteiger partial charge >= 0.3 is 12.1 Å². The first-order valence-corrected chi connectivity index (χ1v) is 6.42. The Balaban J connectivity index is 2.92. The van der Waals surface area contributed by atoms with Gasteiger partial charge in [-0.3, -0.25) is 10.1 Å². The van der Waals surface area contributed by atoms with Crippen LogP contribution in [0.15, 0.2) is 30.9 Å². The molecule has 0 saturated heterocycles. The fourth-order valence-corrected chi connectivity index (χ4v) is 1.78. The van der Waals surface area contributed by atoms with E-state index in [1.165, 1.54) is 18.2 Å². The normalized spacial score (nSPS) is 11.3. The maximum atomic E-state index is 11.4. The quantitative estimate of drug-likeness (QED) is 0.449. The second-order valence-corrected chi connectivity index (χ2v) is 4.59. The standard InChI is InChI=1S/C13H13ClN2O6/c1-2-5-22-13(19)15-10(12(17)18)6-8-3-4-9(14)7-11(8)16(20)21/h2-4,7,10H,1,5-6H2,(H,15,19)(H,17,18). The topological polar surface area (TPSA) is 119 Å². The minimum atomic E-state index is -1.38. The summed E-state index contributed by atoms with van der Waals surface area (Å²) in [7, 11) is 0. The highest BCUT2D eigenvalue weighted by molar-refractivity contribution is 6.30. The Bertz CT molecular complexity index is 604. The van der Waals surface area contributed by atoms with Gasteiger partial charge < -0.3 is 15.2 Å². The molecule has 1 aromatic carbocycles. The number of nitro benzene ring substituents is 1.